The quantitative estimate of drug-likeness (QED) is 0.811. The van der Waals surface area contributed by atoms with Gasteiger partial charge in [-0.15, -0.1) is 0 Å². The summed E-state index contributed by atoms with van der Waals surface area (Å²) < 4.78 is 0. The molecule has 0 radical (unpaired) electrons. The predicted molar refractivity (Wildman–Crippen MR) is 55.9 cm³/mol. The summed E-state index contributed by atoms with van der Waals surface area (Å²) in [6.07, 6.45) is 2.67. The molecule has 0 bridgehead atoms. The van der Waals surface area contributed by atoms with Gasteiger partial charge in [0.1, 0.15) is 0 Å². The van der Waals surface area contributed by atoms with Crippen LogP contribution in [-0.4, -0.2) is 11.0 Å². The molecule has 0 aliphatic rings. The van der Waals surface area contributed by atoms with Gasteiger partial charge in [0.05, 0.1) is 5.02 Å². The fourth-order valence-corrected chi connectivity index (χ4v) is 1.57. The molecule has 2 N–H and O–H groups in total. The Kier molecular flexibility index (Phi) is 3.70. The monoisotopic (exact) mass is 198 g/mol. The number of hydrogen-bond donors (Lipinski definition) is 1. The summed E-state index contributed by atoms with van der Waals surface area (Å²) in [6, 6.07) is 3.94. The number of pyridine rings is 1. The number of halogens is 1. The van der Waals surface area contributed by atoms with Gasteiger partial charge in [0.25, 0.3) is 0 Å². The largest absolute Gasteiger partial charge is 0.327 e. The maximum atomic E-state index is 5.84. The lowest BCUT2D eigenvalue weighted by Crippen LogP contribution is -2.24. The molecule has 72 valence electrons. The lowest BCUT2D eigenvalue weighted by atomic mass is 9.95. The average molecular weight is 199 g/mol. The molecule has 0 saturated heterocycles. The average Bonchev–Trinajstić information content (AvgIpc) is 2.09. The van der Waals surface area contributed by atoms with Gasteiger partial charge in [0, 0.05) is 23.9 Å². The van der Waals surface area contributed by atoms with E-state index in [0.717, 1.165) is 12.1 Å². The maximum absolute atomic E-state index is 5.84. The third-order valence-corrected chi connectivity index (χ3v) is 2.43. The molecule has 1 rings (SSSR count). The molecule has 0 fully saturated rings. The summed E-state index contributed by atoms with van der Waals surface area (Å²) in [6.45, 7) is 4.12. The highest BCUT2D eigenvalue weighted by Gasteiger charge is 2.14. The van der Waals surface area contributed by atoms with Crippen LogP contribution in [-0.2, 0) is 0 Å². The Labute approximate surface area is 84.1 Å². The van der Waals surface area contributed by atoms with Crippen molar-refractivity contribution in [2.75, 3.05) is 0 Å². The van der Waals surface area contributed by atoms with Gasteiger partial charge >= 0.3 is 0 Å². The van der Waals surface area contributed by atoms with Crippen molar-refractivity contribution in [1.82, 2.24) is 4.98 Å². The van der Waals surface area contributed by atoms with E-state index in [1.54, 1.807) is 6.20 Å². The molecule has 0 aromatic carbocycles. The highest BCUT2D eigenvalue weighted by Crippen LogP contribution is 2.21. The molecule has 3 heteroatoms. The Hall–Kier alpha value is -0.600. The SMILES string of the molecule is CCC(c1ccc(Cl)cn1)C(C)N. The fraction of sp³-hybridized carbons (Fsp3) is 0.500. The van der Waals surface area contributed by atoms with E-state index in [9.17, 15) is 0 Å². The summed E-state index contributed by atoms with van der Waals surface area (Å²) in [5.41, 5.74) is 6.87. The van der Waals surface area contributed by atoms with E-state index in [2.05, 4.69) is 11.9 Å². The van der Waals surface area contributed by atoms with Crippen LogP contribution in [0.5, 0.6) is 0 Å². The second-order valence-corrected chi connectivity index (χ2v) is 3.71. The molecule has 0 aliphatic heterocycles. The van der Waals surface area contributed by atoms with E-state index in [-0.39, 0.29) is 6.04 Å². The van der Waals surface area contributed by atoms with Crippen LogP contribution in [0.3, 0.4) is 0 Å². The van der Waals surface area contributed by atoms with Crippen molar-refractivity contribution >= 4 is 11.6 Å². The van der Waals surface area contributed by atoms with E-state index in [0.29, 0.717) is 10.9 Å². The second-order valence-electron chi connectivity index (χ2n) is 3.28. The van der Waals surface area contributed by atoms with E-state index in [1.165, 1.54) is 0 Å². The minimum atomic E-state index is 0.138. The molecule has 2 unspecified atom stereocenters. The molecule has 1 aromatic heterocycles. The van der Waals surface area contributed by atoms with Gasteiger partial charge in [-0.1, -0.05) is 18.5 Å². The first-order valence-electron chi connectivity index (χ1n) is 4.52. The van der Waals surface area contributed by atoms with Gasteiger partial charge in [0.15, 0.2) is 0 Å². The molecule has 0 aliphatic carbocycles. The van der Waals surface area contributed by atoms with Crippen LogP contribution >= 0.6 is 11.6 Å². The molecule has 0 spiro atoms. The lowest BCUT2D eigenvalue weighted by Gasteiger charge is -2.17. The van der Waals surface area contributed by atoms with Gasteiger partial charge in [0.2, 0.25) is 0 Å². The number of nitrogens with zero attached hydrogens (tertiary/aromatic N) is 1. The topological polar surface area (TPSA) is 38.9 Å². The summed E-state index contributed by atoms with van der Waals surface area (Å²) in [4.78, 5) is 4.26. The van der Waals surface area contributed by atoms with E-state index < -0.39 is 0 Å². The van der Waals surface area contributed by atoms with Crippen LogP contribution in [0.4, 0.5) is 0 Å². The Morgan fingerprint density at radius 2 is 2.23 bits per heavy atom. The molecular formula is C10H15ClN2. The highest BCUT2D eigenvalue weighted by molar-refractivity contribution is 6.30. The summed E-state index contributed by atoms with van der Waals surface area (Å²) >= 11 is 5.75. The fourth-order valence-electron chi connectivity index (χ4n) is 1.46. The molecule has 2 atom stereocenters. The van der Waals surface area contributed by atoms with Crippen LogP contribution in [0.1, 0.15) is 31.9 Å². The number of aromatic nitrogens is 1. The molecule has 0 saturated carbocycles. The second kappa shape index (κ2) is 4.58. The Bertz CT molecular complexity index is 256. The van der Waals surface area contributed by atoms with Crippen molar-refractivity contribution in [2.24, 2.45) is 5.73 Å². The van der Waals surface area contributed by atoms with E-state index in [4.69, 9.17) is 17.3 Å². The minimum absolute atomic E-state index is 0.138. The van der Waals surface area contributed by atoms with Gasteiger partial charge in [-0.2, -0.15) is 0 Å². The Morgan fingerprint density at radius 1 is 1.54 bits per heavy atom. The first-order chi connectivity index (χ1) is 6.15. The highest BCUT2D eigenvalue weighted by atomic mass is 35.5. The number of rotatable bonds is 3. The first-order valence-corrected chi connectivity index (χ1v) is 4.90. The Morgan fingerprint density at radius 3 is 2.62 bits per heavy atom. The standard InChI is InChI=1S/C10H15ClN2/c1-3-9(7(2)12)10-5-4-8(11)6-13-10/h4-7,9H,3,12H2,1-2H3. The van der Waals surface area contributed by atoms with Crippen molar-refractivity contribution in [3.63, 3.8) is 0 Å². The van der Waals surface area contributed by atoms with Crippen LogP contribution < -0.4 is 5.73 Å². The van der Waals surface area contributed by atoms with E-state index in [1.807, 2.05) is 19.1 Å². The van der Waals surface area contributed by atoms with Crippen molar-refractivity contribution in [3.8, 4) is 0 Å². The molecule has 1 aromatic rings. The van der Waals surface area contributed by atoms with E-state index >= 15 is 0 Å². The van der Waals surface area contributed by atoms with Gasteiger partial charge in [-0.25, -0.2) is 0 Å². The normalized spacial score (nSPS) is 15.4. The zero-order valence-electron chi connectivity index (χ0n) is 8.00. The zero-order valence-corrected chi connectivity index (χ0v) is 8.75. The predicted octanol–water partition coefficient (Wildman–Crippen LogP) is 2.58. The molecular weight excluding hydrogens is 184 g/mol. The molecule has 0 amide bonds. The van der Waals surface area contributed by atoms with Crippen molar-refractivity contribution in [3.05, 3.63) is 29.0 Å². The minimum Gasteiger partial charge on any atom is -0.327 e. The maximum Gasteiger partial charge on any atom is 0.0589 e. The number of hydrogen-bond acceptors (Lipinski definition) is 2. The molecule has 13 heavy (non-hydrogen) atoms. The molecule has 2 nitrogen and oxygen atoms in total. The Balaban J connectivity index is 2.86. The van der Waals surface area contributed by atoms with Crippen LogP contribution in [0.2, 0.25) is 5.02 Å². The third kappa shape index (κ3) is 2.68. The van der Waals surface area contributed by atoms with Crippen molar-refractivity contribution in [2.45, 2.75) is 32.2 Å². The number of nitrogens with two attached hydrogens (primary N) is 1. The van der Waals surface area contributed by atoms with Crippen LogP contribution in [0, 0.1) is 0 Å². The zero-order chi connectivity index (χ0) is 9.84. The van der Waals surface area contributed by atoms with Crippen LogP contribution in [0.15, 0.2) is 18.3 Å². The molecule has 1 heterocycles. The summed E-state index contributed by atoms with van der Waals surface area (Å²) in [7, 11) is 0. The van der Waals surface area contributed by atoms with Gasteiger partial charge < -0.3 is 5.73 Å². The van der Waals surface area contributed by atoms with Gasteiger partial charge in [-0.05, 0) is 25.5 Å². The third-order valence-electron chi connectivity index (χ3n) is 2.20. The van der Waals surface area contributed by atoms with Crippen molar-refractivity contribution < 1.29 is 0 Å². The smallest absolute Gasteiger partial charge is 0.0589 e. The lowest BCUT2D eigenvalue weighted by molar-refractivity contribution is 0.540. The van der Waals surface area contributed by atoms with Crippen molar-refractivity contribution in [1.29, 1.82) is 0 Å². The van der Waals surface area contributed by atoms with Gasteiger partial charge in [-0.3, -0.25) is 4.98 Å². The summed E-state index contributed by atoms with van der Waals surface area (Å²) in [5.74, 6) is 0.331. The van der Waals surface area contributed by atoms with Crippen LogP contribution in [0.25, 0.3) is 0 Å². The first kappa shape index (κ1) is 10.5. The summed E-state index contributed by atoms with van der Waals surface area (Å²) in [5, 5.41) is 0.670.